The summed E-state index contributed by atoms with van der Waals surface area (Å²) in [6, 6.07) is 15.3. The molecule has 0 spiro atoms. The third-order valence-electron chi connectivity index (χ3n) is 5.06. The Morgan fingerprint density at radius 3 is 2.62 bits per heavy atom. The van der Waals surface area contributed by atoms with Crippen LogP contribution in [0.2, 0.25) is 0 Å². The molecule has 0 bridgehead atoms. The Labute approximate surface area is 167 Å². The van der Waals surface area contributed by atoms with E-state index in [2.05, 4.69) is 11.1 Å². The Hall–Kier alpha value is -3.66. The molecule has 146 valence electrons. The lowest BCUT2D eigenvalue weighted by Crippen LogP contribution is -2.49. The largest absolute Gasteiger partial charge is 0.497 e. The first-order valence-corrected chi connectivity index (χ1v) is 9.28. The van der Waals surface area contributed by atoms with Gasteiger partial charge in [-0.05, 0) is 42.5 Å². The number of halogens is 1. The van der Waals surface area contributed by atoms with Crippen molar-refractivity contribution in [2.24, 2.45) is 0 Å². The Morgan fingerprint density at radius 1 is 1.14 bits per heavy atom. The fraction of sp³-hybridized carbons (Fsp3) is 0.227. The van der Waals surface area contributed by atoms with Gasteiger partial charge in [0.25, 0.3) is 5.91 Å². The second-order valence-corrected chi connectivity index (χ2v) is 6.82. The minimum atomic E-state index is -0.426. The van der Waals surface area contributed by atoms with Gasteiger partial charge in [-0.3, -0.25) is 4.79 Å². The molecule has 29 heavy (non-hydrogen) atoms. The van der Waals surface area contributed by atoms with Crippen molar-refractivity contribution in [2.75, 3.05) is 38.2 Å². The van der Waals surface area contributed by atoms with Crippen molar-refractivity contribution >= 4 is 22.6 Å². The van der Waals surface area contributed by atoms with Crippen molar-refractivity contribution in [3.05, 3.63) is 65.5 Å². The number of amides is 1. The summed E-state index contributed by atoms with van der Waals surface area (Å²) in [6.45, 7) is 2.04. The van der Waals surface area contributed by atoms with E-state index in [0.717, 1.165) is 10.9 Å². The number of benzene rings is 2. The minimum absolute atomic E-state index is 0.191. The molecule has 0 radical (unpaired) electrons. The molecule has 2 heterocycles. The number of piperazine rings is 1. The summed E-state index contributed by atoms with van der Waals surface area (Å²) in [6.07, 6.45) is 0. The first-order chi connectivity index (χ1) is 14.1. The van der Waals surface area contributed by atoms with E-state index in [1.807, 2.05) is 29.2 Å². The van der Waals surface area contributed by atoms with Crippen LogP contribution in [-0.4, -0.2) is 49.1 Å². The first kappa shape index (κ1) is 18.7. The van der Waals surface area contributed by atoms with Crippen LogP contribution in [0, 0.1) is 17.1 Å². The summed E-state index contributed by atoms with van der Waals surface area (Å²) in [7, 11) is 1.60. The summed E-state index contributed by atoms with van der Waals surface area (Å²) in [5.41, 5.74) is 1.60. The van der Waals surface area contributed by atoms with Crippen molar-refractivity contribution < 1.29 is 13.9 Å². The minimum Gasteiger partial charge on any atom is -0.497 e. The number of anilines is 1. The summed E-state index contributed by atoms with van der Waals surface area (Å²) >= 11 is 0. The van der Waals surface area contributed by atoms with Crippen LogP contribution in [0.3, 0.4) is 0 Å². The first-order valence-electron chi connectivity index (χ1n) is 9.28. The zero-order valence-corrected chi connectivity index (χ0v) is 15.9. The fourth-order valence-corrected chi connectivity index (χ4v) is 3.52. The molecular weight excluding hydrogens is 371 g/mol. The average molecular weight is 390 g/mol. The number of nitrogens with zero attached hydrogens (tertiary/aromatic N) is 4. The topological polar surface area (TPSA) is 69.5 Å². The standard InChI is InChI=1S/C22H19FN4O2/c1-29-19-5-6-20-16(13-19)11-17(14-24)21(25-20)26-7-9-27(10-8-26)22(28)15-3-2-4-18(23)12-15/h2-6,11-13H,7-10H2,1H3. The molecule has 1 saturated heterocycles. The van der Waals surface area contributed by atoms with Crippen LogP contribution in [0.25, 0.3) is 10.9 Å². The third-order valence-corrected chi connectivity index (χ3v) is 5.06. The smallest absolute Gasteiger partial charge is 0.254 e. The molecule has 0 N–H and O–H groups in total. The fourth-order valence-electron chi connectivity index (χ4n) is 3.52. The zero-order valence-electron chi connectivity index (χ0n) is 15.9. The van der Waals surface area contributed by atoms with Gasteiger partial charge >= 0.3 is 0 Å². The van der Waals surface area contributed by atoms with Crippen LogP contribution in [-0.2, 0) is 0 Å². The highest BCUT2D eigenvalue weighted by Crippen LogP contribution is 2.27. The number of carbonyl (C=O) groups excluding carboxylic acids is 1. The highest BCUT2D eigenvalue weighted by molar-refractivity contribution is 5.94. The maximum Gasteiger partial charge on any atom is 0.254 e. The summed E-state index contributed by atoms with van der Waals surface area (Å²) < 4.78 is 18.6. The Morgan fingerprint density at radius 2 is 1.93 bits per heavy atom. The number of hydrogen-bond acceptors (Lipinski definition) is 5. The number of carbonyl (C=O) groups is 1. The molecule has 4 rings (SSSR count). The Kier molecular flexibility index (Phi) is 5.00. The van der Waals surface area contributed by atoms with E-state index in [1.54, 1.807) is 18.1 Å². The Bertz CT molecular complexity index is 1120. The Balaban J connectivity index is 1.54. The SMILES string of the molecule is COc1ccc2nc(N3CCN(C(=O)c4cccc(F)c4)CC3)c(C#N)cc2c1. The van der Waals surface area contributed by atoms with Gasteiger partial charge in [-0.25, -0.2) is 9.37 Å². The van der Waals surface area contributed by atoms with Gasteiger partial charge < -0.3 is 14.5 Å². The van der Waals surface area contributed by atoms with Gasteiger partial charge in [0.2, 0.25) is 0 Å². The molecule has 7 heteroatoms. The van der Waals surface area contributed by atoms with Crippen LogP contribution in [0.15, 0.2) is 48.5 Å². The molecule has 0 saturated carbocycles. The van der Waals surface area contributed by atoms with E-state index in [1.165, 1.54) is 18.2 Å². The number of nitriles is 1. The molecule has 0 aliphatic carbocycles. The zero-order chi connectivity index (χ0) is 20.4. The van der Waals surface area contributed by atoms with Crippen molar-refractivity contribution in [1.29, 1.82) is 5.26 Å². The van der Waals surface area contributed by atoms with Gasteiger partial charge in [0.05, 0.1) is 18.2 Å². The van der Waals surface area contributed by atoms with E-state index in [4.69, 9.17) is 4.74 Å². The van der Waals surface area contributed by atoms with Gasteiger partial charge in [-0.2, -0.15) is 5.26 Å². The molecule has 6 nitrogen and oxygen atoms in total. The van der Waals surface area contributed by atoms with Gasteiger partial charge in [0.1, 0.15) is 23.5 Å². The monoisotopic (exact) mass is 390 g/mol. The van der Waals surface area contributed by atoms with Crippen molar-refractivity contribution in [2.45, 2.75) is 0 Å². The number of pyridine rings is 1. The van der Waals surface area contributed by atoms with Gasteiger partial charge in [-0.15, -0.1) is 0 Å². The quantitative estimate of drug-likeness (QED) is 0.687. The number of ether oxygens (including phenoxy) is 1. The van der Waals surface area contributed by atoms with Crippen LogP contribution >= 0.6 is 0 Å². The van der Waals surface area contributed by atoms with E-state index in [-0.39, 0.29) is 5.91 Å². The molecule has 0 unspecified atom stereocenters. The predicted octanol–water partition coefficient (Wildman–Crippen LogP) is 3.22. The van der Waals surface area contributed by atoms with E-state index >= 15 is 0 Å². The number of hydrogen-bond donors (Lipinski definition) is 0. The highest BCUT2D eigenvalue weighted by Gasteiger charge is 2.25. The van der Waals surface area contributed by atoms with Crippen LogP contribution in [0.4, 0.5) is 10.2 Å². The maximum atomic E-state index is 13.4. The lowest BCUT2D eigenvalue weighted by Gasteiger charge is -2.35. The maximum absolute atomic E-state index is 13.4. The summed E-state index contributed by atoms with van der Waals surface area (Å²) in [4.78, 5) is 21.0. The lowest BCUT2D eigenvalue weighted by molar-refractivity contribution is 0.0746. The predicted molar refractivity (Wildman–Crippen MR) is 108 cm³/mol. The van der Waals surface area contributed by atoms with Crippen LogP contribution in [0.1, 0.15) is 15.9 Å². The molecule has 1 fully saturated rings. The molecule has 1 aliphatic heterocycles. The van der Waals surface area contributed by atoms with Gasteiger partial charge in [0.15, 0.2) is 0 Å². The van der Waals surface area contributed by atoms with Crippen LogP contribution in [0.5, 0.6) is 5.75 Å². The molecule has 1 amide bonds. The summed E-state index contributed by atoms with van der Waals surface area (Å²) in [5, 5.41) is 10.4. The lowest BCUT2D eigenvalue weighted by atomic mass is 10.1. The van der Waals surface area contributed by atoms with E-state index < -0.39 is 5.82 Å². The highest BCUT2D eigenvalue weighted by atomic mass is 19.1. The van der Waals surface area contributed by atoms with Gasteiger partial charge in [0, 0.05) is 37.1 Å². The second-order valence-electron chi connectivity index (χ2n) is 6.82. The molecule has 2 aromatic carbocycles. The van der Waals surface area contributed by atoms with E-state index in [9.17, 15) is 14.4 Å². The van der Waals surface area contributed by atoms with Crippen molar-refractivity contribution in [3.8, 4) is 11.8 Å². The van der Waals surface area contributed by atoms with Crippen molar-refractivity contribution in [3.63, 3.8) is 0 Å². The second kappa shape index (κ2) is 7.76. The summed E-state index contributed by atoms with van der Waals surface area (Å²) in [5.74, 6) is 0.705. The molecule has 1 aliphatic rings. The van der Waals surface area contributed by atoms with E-state index in [0.29, 0.717) is 48.9 Å². The molecular formula is C22H19FN4O2. The number of methoxy groups -OCH3 is 1. The number of aromatic nitrogens is 1. The molecule has 1 aromatic heterocycles. The number of fused-ring (bicyclic) bond motifs is 1. The van der Waals surface area contributed by atoms with Crippen LogP contribution < -0.4 is 9.64 Å². The third kappa shape index (κ3) is 3.69. The molecule has 3 aromatic rings. The average Bonchev–Trinajstić information content (AvgIpc) is 2.77. The molecule has 0 atom stereocenters. The van der Waals surface area contributed by atoms with Crippen molar-refractivity contribution in [1.82, 2.24) is 9.88 Å². The van der Waals surface area contributed by atoms with Gasteiger partial charge in [-0.1, -0.05) is 6.07 Å². The number of rotatable bonds is 3. The normalized spacial score (nSPS) is 14.0.